The number of alkyl halides is 6. The molecule has 0 amide bonds. The molecule has 15 heteroatoms. The van der Waals surface area contributed by atoms with Crippen LogP contribution in [0.15, 0.2) is 12.4 Å². The Kier molecular flexibility index (Phi) is 9.10. The van der Waals surface area contributed by atoms with Crippen molar-refractivity contribution in [3.8, 4) is 0 Å². The van der Waals surface area contributed by atoms with Gasteiger partial charge in [0.15, 0.2) is 0 Å². The molecule has 168 valence electrons. The zero-order chi connectivity index (χ0) is 22.6. The first-order chi connectivity index (χ1) is 12.3. The topological polar surface area (TPSA) is 86.8 Å². The highest BCUT2D eigenvalue weighted by Crippen LogP contribution is 2.27. The lowest BCUT2D eigenvalue weighted by Crippen LogP contribution is -2.45. The molecule has 1 N–H and O–H groups in total. The van der Waals surface area contributed by atoms with E-state index in [1.54, 1.807) is 0 Å². The van der Waals surface area contributed by atoms with Crippen LogP contribution in [0, 0.1) is 11.8 Å². The summed E-state index contributed by atoms with van der Waals surface area (Å²) in [6.45, 7) is 12.5. The number of rotatable bonds is 6. The lowest BCUT2D eigenvalue weighted by atomic mass is 10.2. The molecule has 1 rings (SSSR count). The highest BCUT2D eigenvalue weighted by molar-refractivity contribution is 8.05. The van der Waals surface area contributed by atoms with Crippen molar-refractivity contribution in [2.24, 2.45) is 11.8 Å². The molecule has 0 atom stereocenters. The van der Waals surface area contributed by atoms with Crippen molar-refractivity contribution < 1.29 is 43.2 Å². The Labute approximate surface area is 160 Å². The Bertz CT molecular complexity index is 670. The van der Waals surface area contributed by atoms with Gasteiger partial charge in [-0.15, -0.1) is 0 Å². The van der Waals surface area contributed by atoms with Crippen molar-refractivity contribution in [1.82, 2.24) is 13.9 Å². The summed E-state index contributed by atoms with van der Waals surface area (Å²) in [6.07, 6.45) is 4.42. The van der Waals surface area contributed by atoms with Crippen molar-refractivity contribution in [1.29, 1.82) is 0 Å². The van der Waals surface area contributed by atoms with E-state index >= 15 is 0 Å². The van der Waals surface area contributed by atoms with Gasteiger partial charge in [0.2, 0.25) is 0 Å². The molecule has 0 radical (unpaired) electrons. The van der Waals surface area contributed by atoms with E-state index in [0.29, 0.717) is 0 Å². The minimum atomic E-state index is -6.60. The van der Waals surface area contributed by atoms with Crippen LogP contribution in [0.25, 0.3) is 0 Å². The molecule has 28 heavy (non-hydrogen) atoms. The van der Waals surface area contributed by atoms with Crippen molar-refractivity contribution in [2.75, 3.05) is 19.8 Å². The normalized spacial score (nSPS) is 16.0. The summed E-state index contributed by atoms with van der Waals surface area (Å²) in [4.78, 5) is 4.76. The number of halogens is 6. The van der Waals surface area contributed by atoms with Gasteiger partial charge < -0.3 is 9.80 Å². The highest BCUT2D eigenvalue weighted by Gasteiger charge is 2.55. The van der Waals surface area contributed by atoms with Gasteiger partial charge in [0.25, 0.3) is 0 Å². The summed E-state index contributed by atoms with van der Waals surface area (Å²) >= 11 is 0. The van der Waals surface area contributed by atoms with Gasteiger partial charge in [-0.3, -0.25) is 0 Å². The van der Waals surface area contributed by atoms with E-state index in [4.69, 9.17) is 0 Å². The van der Waals surface area contributed by atoms with Crippen LogP contribution in [0.1, 0.15) is 27.7 Å². The minimum Gasteiger partial charge on any atom is -0.358 e. The number of hydrogen-bond acceptors (Lipinski definition) is 6. The molecule has 1 aliphatic heterocycles. The van der Waals surface area contributed by atoms with Crippen LogP contribution < -0.4 is 4.13 Å². The molecule has 0 spiro atoms. The smallest absolute Gasteiger partial charge is 0.358 e. The average Bonchev–Trinajstić information content (AvgIpc) is 2.80. The molecule has 0 aliphatic carbocycles. The maximum absolute atomic E-state index is 11.5. The SMILES string of the molecule is CC(C)CN1C=CN(CC(C)C)C1.O=S(=O)(NS(=O)(=O)C(F)(F)F)C(F)(F)F. The van der Waals surface area contributed by atoms with E-state index in [2.05, 4.69) is 49.9 Å². The lowest BCUT2D eigenvalue weighted by molar-refractivity contribution is -0.0476. The lowest BCUT2D eigenvalue weighted by Gasteiger charge is -2.23. The Morgan fingerprint density at radius 1 is 0.786 bits per heavy atom. The van der Waals surface area contributed by atoms with E-state index in [-0.39, 0.29) is 0 Å². The van der Waals surface area contributed by atoms with Crippen LogP contribution in [0.2, 0.25) is 0 Å². The second-order valence-corrected chi connectivity index (χ2v) is 10.4. The highest BCUT2D eigenvalue weighted by atomic mass is 32.3. The first-order valence-corrected chi connectivity index (χ1v) is 10.8. The maximum Gasteiger partial charge on any atom is 0.512 e. The van der Waals surface area contributed by atoms with Gasteiger partial charge in [0.05, 0.1) is 6.67 Å². The van der Waals surface area contributed by atoms with E-state index in [1.807, 2.05) is 0 Å². The summed E-state index contributed by atoms with van der Waals surface area (Å²) in [5.74, 6) is 1.51. The minimum absolute atomic E-state index is 0.493. The van der Waals surface area contributed by atoms with Crippen LogP contribution in [0.5, 0.6) is 0 Å². The number of hydrogen-bond donors (Lipinski definition) is 1. The van der Waals surface area contributed by atoms with Gasteiger partial charge in [-0.25, -0.2) is 16.8 Å². The molecule has 0 saturated carbocycles. The van der Waals surface area contributed by atoms with Gasteiger partial charge in [0.1, 0.15) is 0 Å². The Morgan fingerprint density at radius 3 is 1.29 bits per heavy atom. The van der Waals surface area contributed by atoms with E-state index < -0.39 is 35.2 Å². The fourth-order valence-electron chi connectivity index (χ4n) is 1.93. The third-order valence-corrected chi connectivity index (χ3v) is 5.85. The fourth-order valence-corrected chi connectivity index (χ4v) is 3.84. The fraction of sp³-hybridized carbons (Fsp3) is 0.846. The largest absolute Gasteiger partial charge is 0.512 e. The first kappa shape index (κ1) is 26.8. The van der Waals surface area contributed by atoms with E-state index in [9.17, 15) is 43.2 Å². The summed E-state index contributed by atoms with van der Waals surface area (Å²) in [6, 6.07) is 0. The summed E-state index contributed by atoms with van der Waals surface area (Å²) in [5, 5.41) is 0. The van der Waals surface area contributed by atoms with Crippen molar-refractivity contribution in [3.05, 3.63) is 12.4 Å². The number of nitrogens with zero attached hydrogens (tertiary/aromatic N) is 2. The van der Waals surface area contributed by atoms with Crippen LogP contribution in [-0.2, 0) is 20.0 Å². The molecule has 0 saturated heterocycles. The standard InChI is InChI=1S/C11H22N2.C2HF6NO4S2/c1-10(2)7-12-5-6-13(9-12)8-11(3)4;3-1(4,5)14(10,11)9-15(12,13)2(6,7)8/h5-6,10-11H,7-9H2,1-4H3;9H. The van der Waals surface area contributed by atoms with Crippen LogP contribution in [-0.4, -0.2) is 57.4 Å². The van der Waals surface area contributed by atoms with Crippen molar-refractivity contribution in [3.63, 3.8) is 0 Å². The first-order valence-electron chi connectivity index (χ1n) is 7.86. The van der Waals surface area contributed by atoms with Crippen LogP contribution in [0.4, 0.5) is 26.3 Å². The van der Waals surface area contributed by atoms with Gasteiger partial charge in [0, 0.05) is 25.5 Å². The van der Waals surface area contributed by atoms with E-state index in [0.717, 1.165) is 18.5 Å². The molecule has 0 aromatic carbocycles. The van der Waals surface area contributed by atoms with Crippen molar-refractivity contribution in [2.45, 2.75) is 38.7 Å². The monoisotopic (exact) mass is 463 g/mol. The molecule has 0 unspecified atom stereocenters. The van der Waals surface area contributed by atoms with Crippen molar-refractivity contribution >= 4 is 20.0 Å². The third kappa shape index (κ3) is 8.86. The Balaban J connectivity index is 0.000000525. The van der Waals surface area contributed by atoms with Gasteiger partial charge >= 0.3 is 31.1 Å². The Morgan fingerprint density at radius 2 is 1.07 bits per heavy atom. The van der Waals surface area contributed by atoms with Gasteiger partial charge in [-0.05, 0) is 11.8 Å². The predicted octanol–water partition coefficient (Wildman–Crippen LogP) is 2.62. The second-order valence-electron chi connectivity index (χ2n) is 6.75. The Hall–Kier alpha value is -1.22. The zero-order valence-electron chi connectivity index (χ0n) is 15.5. The quantitative estimate of drug-likeness (QED) is 0.610. The average molecular weight is 463 g/mol. The summed E-state index contributed by atoms with van der Waals surface area (Å²) in [5.41, 5.74) is -12.3. The molecular formula is C13H23F6N3O4S2. The molecule has 7 nitrogen and oxygen atoms in total. The second kappa shape index (κ2) is 9.52. The molecule has 0 bridgehead atoms. The molecule has 0 fully saturated rings. The molecule has 0 aromatic rings. The van der Waals surface area contributed by atoms with Gasteiger partial charge in [-0.2, -0.15) is 26.3 Å². The number of nitrogens with one attached hydrogen (secondary N) is 1. The third-order valence-electron chi connectivity index (χ3n) is 2.88. The molecular weight excluding hydrogens is 440 g/mol. The zero-order valence-corrected chi connectivity index (χ0v) is 17.2. The maximum atomic E-state index is 11.5. The molecule has 1 heterocycles. The molecule has 1 aliphatic rings. The summed E-state index contributed by atoms with van der Waals surface area (Å²) in [7, 11) is -13.2. The predicted molar refractivity (Wildman–Crippen MR) is 90.2 cm³/mol. The van der Waals surface area contributed by atoms with E-state index in [1.165, 1.54) is 13.1 Å². The summed E-state index contributed by atoms with van der Waals surface area (Å²) < 4.78 is 108. The number of sulfonamides is 2. The molecule has 0 aromatic heterocycles. The van der Waals surface area contributed by atoms with Gasteiger partial charge in [-0.1, -0.05) is 31.8 Å². The van der Waals surface area contributed by atoms with Crippen LogP contribution >= 0.6 is 0 Å². The van der Waals surface area contributed by atoms with Crippen LogP contribution in [0.3, 0.4) is 0 Å².